The number of aromatic nitrogens is 2. The number of carbonyl (C=O) groups excluding carboxylic acids is 2. The summed E-state index contributed by atoms with van der Waals surface area (Å²) in [6.45, 7) is 6.15. The third-order valence-corrected chi connectivity index (χ3v) is 7.55. The van der Waals surface area contributed by atoms with E-state index in [9.17, 15) is 9.59 Å². The summed E-state index contributed by atoms with van der Waals surface area (Å²) in [5.41, 5.74) is 3.30. The normalized spacial score (nSPS) is 16.7. The van der Waals surface area contributed by atoms with Crippen LogP contribution in [0.15, 0.2) is 60.9 Å². The zero-order valence-corrected chi connectivity index (χ0v) is 22.5. The summed E-state index contributed by atoms with van der Waals surface area (Å²) in [5, 5.41) is 0.663. The molecule has 8 nitrogen and oxygen atoms in total. The second-order valence-corrected chi connectivity index (χ2v) is 10.2. The number of hydrogen-bond acceptors (Lipinski definition) is 6. The molecule has 2 amide bonds. The van der Waals surface area contributed by atoms with Crippen LogP contribution in [-0.2, 0) is 11.3 Å². The molecule has 0 radical (unpaired) electrons. The van der Waals surface area contributed by atoms with Crippen LogP contribution in [0, 0.1) is 0 Å². The largest absolute Gasteiger partial charge is 0.370 e. The van der Waals surface area contributed by atoms with Crippen LogP contribution in [0.3, 0.4) is 0 Å². The minimum Gasteiger partial charge on any atom is -0.370 e. The fourth-order valence-electron chi connectivity index (χ4n) is 5.27. The Kier molecular flexibility index (Phi) is 8.08. The molecule has 0 bridgehead atoms. The molecule has 0 spiro atoms. The average Bonchev–Trinajstić information content (AvgIpc) is 3.46. The van der Waals surface area contributed by atoms with E-state index in [0.29, 0.717) is 49.3 Å². The van der Waals surface area contributed by atoms with Crippen molar-refractivity contribution in [1.29, 1.82) is 0 Å². The van der Waals surface area contributed by atoms with Crippen molar-refractivity contribution < 1.29 is 9.59 Å². The molecule has 9 heteroatoms. The van der Waals surface area contributed by atoms with Crippen molar-refractivity contribution >= 4 is 40.7 Å². The maximum atomic E-state index is 14.0. The zero-order valence-electron chi connectivity index (χ0n) is 21.7. The standard InChI is InChI=1S/C29H33ClN6O2/c1-22(37)36-17-7-16-34(29-31-12-6-13-32-29)18-19-35(21-24-8-2-3-9-26(24)36)28(38)23-10-11-25(30)27(20-23)33-14-4-5-15-33/h2-3,6,8-13,20H,4-5,7,14-19,21H2,1H3. The van der Waals surface area contributed by atoms with Crippen molar-refractivity contribution in [2.75, 3.05) is 54.0 Å². The fourth-order valence-corrected chi connectivity index (χ4v) is 5.51. The summed E-state index contributed by atoms with van der Waals surface area (Å²) < 4.78 is 0. The lowest BCUT2D eigenvalue weighted by molar-refractivity contribution is -0.116. The first kappa shape index (κ1) is 26.0. The van der Waals surface area contributed by atoms with Crippen LogP contribution in [0.25, 0.3) is 0 Å². The zero-order chi connectivity index (χ0) is 26.5. The highest BCUT2D eigenvalue weighted by molar-refractivity contribution is 6.33. The topological polar surface area (TPSA) is 72.9 Å². The van der Waals surface area contributed by atoms with Gasteiger partial charge in [-0.15, -0.1) is 0 Å². The Morgan fingerprint density at radius 2 is 1.53 bits per heavy atom. The molecule has 5 rings (SSSR count). The van der Waals surface area contributed by atoms with Gasteiger partial charge in [-0.2, -0.15) is 0 Å². The third kappa shape index (κ3) is 5.75. The average molecular weight is 533 g/mol. The van der Waals surface area contributed by atoms with Crippen LogP contribution in [0.2, 0.25) is 5.02 Å². The number of anilines is 3. The highest BCUT2D eigenvalue weighted by Crippen LogP contribution is 2.31. The van der Waals surface area contributed by atoms with E-state index in [1.807, 2.05) is 41.3 Å². The number of carbonyl (C=O) groups is 2. The van der Waals surface area contributed by atoms with Gasteiger partial charge in [-0.3, -0.25) is 9.59 Å². The molecule has 2 aliphatic rings. The molecule has 3 aromatic rings. The third-order valence-electron chi connectivity index (χ3n) is 7.24. The van der Waals surface area contributed by atoms with E-state index in [4.69, 9.17) is 11.6 Å². The molecule has 1 fully saturated rings. The Labute approximate surface area is 228 Å². The molecule has 38 heavy (non-hydrogen) atoms. The molecule has 0 aliphatic carbocycles. The van der Waals surface area contributed by atoms with Crippen LogP contribution >= 0.6 is 11.6 Å². The molecule has 0 saturated carbocycles. The SMILES string of the molecule is CC(=O)N1CCCN(c2ncccn2)CCN(C(=O)c2ccc(Cl)c(N3CCCC3)c2)Cc2ccccc21. The highest BCUT2D eigenvalue weighted by atomic mass is 35.5. The van der Waals surface area contributed by atoms with Crippen LogP contribution in [-0.4, -0.2) is 66.0 Å². The van der Waals surface area contributed by atoms with E-state index in [0.717, 1.165) is 49.3 Å². The van der Waals surface area contributed by atoms with E-state index >= 15 is 0 Å². The summed E-state index contributed by atoms with van der Waals surface area (Å²) in [5.74, 6) is 0.526. The highest BCUT2D eigenvalue weighted by Gasteiger charge is 2.25. The second-order valence-electron chi connectivity index (χ2n) is 9.78. The Balaban J connectivity index is 1.50. The Bertz CT molecular complexity index is 1280. The Morgan fingerprint density at radius 3 is 2.29 bits per heavy atom. The van der Waals surface area contributed by atoms with Gasteiger partial charge in [-0.05, 0) is 55.2 Å². The molecule has 0 unspecified atom stereocenters. The van der Waals surface area contributed by atoms with Gasteiger partial charge in [-0.25, -0.2) is 9.97 Å². The predicted molar refractivity (Wildman–Crippen MR) is 151 cm³/mol. The molecule has 0 atom stereocenters. The number of benzene rings is 2. The van der Waals surface area contributed by atoms with Crippen LogP contribution in [0.4, 0.5) is 17.3 Å². The molecule has 0 N–H and O–H groups in total. The summed E-state index contributed by atoms with van der Waals surface area (Å²) in [7, 11) is 0. The number of rotatable bonds is 3. The van der Waals surface area contributed by atoms with Crippen molar-refractivity contribution in [1.82, 2.24) is 14.9 Å². The van der Waals surface area contributed by atoms with E-state index < -0.39 is 0 Å². The van der Waals surface area contributed by atoms with Gasteiger partial charge in [-0.1, -0.05) is 29.8 Å². The fraction of sp³-hybridized carbons (Fsp3) is 0.379. The minimum absolute atomic E-state index is 0.0231. The molecule has 3 heterocycles. The summed E-state index contributed by atoms with van der Waals surface area (Å²) in [6, 6.07) is 15.2. The summed E-state index contributed by atoms with van der Waals surface area (Å²) >= 11 is 6.55. The lowest BCUT2D eigenvalue weighted by atomic mass is 10.1. The smallest absolute Gasteiger partial charge is 0.254 e. The number of fused-ring (bicyclic) bond motifs is 1. The lowest BCUT2D eigenvalue weighted by Gasteiger charge is -2.28. The van der Waals surface area contributed by atoms with E-state index in [2.05, 4.69) is 19.8 Å². The maximum Gasteiger partial charge on any atom is 0.254 e. The monoisotopic (exact) mass is 532 g/mol. The van der Waals surface area contributed by atoms with Gasteiger partial charge in [0, 0.05) is 76.4 Å². The van der Waals surface area contributed by atoms with E-state index in [1.54, 1.807) is 36.4 Å². The predicted octanol–water partition coefficient (Wildman–Crippen LogP) is 4.64. The van der Waals surface area contributed by atoms with Crippen molar-refractivity contribution in [2.45, 2.75) is 32.7 Å². The quantitative estimate of drug-likeness (QED) is 0.489. The number of amides is 2. The van der Waals surface area contributed by atoms with Gasteiger partial charge < -0.3 is 19.6 Å². The van der Waals surface area contributed by atoms with Gasteiger partial charge in [0.1, 0.15) is 0 Å². The lowest BCUT2D eigenvalue weighted by Crippen LogP contribution is -2.39. The molecule has 1 aromatic heterocycles. The molecular weight excluding hydrogens is 500 g/mol. The van der Waals surface area contributed by atoms with Gasteiger partial charge in [0.15, 0.2) is 0 Å². The van der Waals surface area contributed by atoms with Crippen molar-refractivity contribution in [3.63, 3.8) is 0 Å². The first-order valence-electron chi connectivity index (χ1n) is 13.2. The van der Waals surface area contributed by atoms with Crippen LogP contribution in [0.5, 0.6) is 0 Å². The minimum atomic E-state index is -0.0699. The van der Waals surface area contributed by atoms with Crippen LogP contribution in [0.1, 0.15) is 42.1 Å². The molecular formula is C29H33ClN6O2. The molecule has 2 aromatic carbocycles. The Hall–Kier alpha value is -3.65. The molecule has 198 valence electrons. The number of nitrogens with zero attached hydrogens (tertiary/aromatic N) is 6. The maximum absolute atomic E-state index is 14.0. The Morgan fingerprint density at radius 1 is 0.789 bits per heavy atom. The molecule has 2 aliphatic heterocycles. The van der Waals surface area contributed by atoms with Crippen LogP contribution < -0.4 is 14.7 Å². The summed E-state index contributed by atoms with van der Waals surface area (Å²) in [4.78, 5) is 43.6. The second kappa shape index (κ2) is 11.8. The van der Waals surface area contributed by atoms with Crippen molar-refractivity contribution in [3.8, 4) is 0 Å². The van der Waals surface area contributed by atoms with Gasteiger partial charge in [0.05, 0.1) is 10.7 Å². The van der Waals surface area contributed by atoms with Crippen molar-refractivity contribution in [2.24, 2.45) is 0 Å². The van der Waals surface area contributed by atoms with Gasteiger partial charge in [0.25, 0.3) is 5.91 Å². The van der Waals surface area contributed by atoms with E-state index in [1.165, 1.54) is 0 Å². The van der Waals surface area contributed by atoms with Gasteiger partial charge >= 0.3 is 0 Å². The number of halogens is 1. The van der Waals surface area contributed by atoms with E-state index in [-0.39, 0.29) is 11.8 Å². The number of hydrogen-bond donors (Lipinski definition) is 0. The first-order chi connectivity index (χ1) is 18.5. The molecule has 1 saturated heterocycles. The van der Waals surface area contributed by atoms with Gasteiger partial charge in [0.2, 0.25) is 11.9 Å². The number of para-hydroxylation sites is 1. The first-order valence-corrected chi connectivity index (χ1v) is 13.6. The van der Waals surface area contributed by atoms with Crippen molar-refractivity contribution in [3.05, 3.63) is 77.1 Å². The summed E-state index contributed by atoms with van der Waals surface area (Å²) in [6.07, 6.45) is 6.45.